The van der Waals surface area contributed by atoms with Gasteiger partial charge in [-0.2, -0.15) is 0 Å². The van der Waals surface area contributed by atoms with Gasteiger partial charge in [0.15, 0.2) is 0 Å². The van der Waals surface area contributed by atoms with E-state index in [0.717, 1.165) is 30.1 Å². The van der Waals surface area contributed by atoms with E-state index in [4.69, 9.17) is 4.74 Å². The van der Waals surface area contributed by atoms with Gasteiger partial charge in [0.2, 0.25) is 0 Å². The molecular formula is C21H37N5O3. The van der Waals surface area contributed by atoms with E-state index in [9.17, 15) is 10.2 Å². The first-order valence-electron chi connectivity index (χ1n) is 10.8. The second-order valence-electron chi connectivity index (χ2n) is 8.05. The molecule has 1 aromatic carbocycles. The highest BCUT2D eigenvalue weighted by molar-refractivity contribution is 5.55. The lowest BCUT2D eigenvalue weighted by molar-refractivity contribution is 0.0389. The molecule has 0 bridgehead atoms. The number of nitrogens with zero attached hydrogens (tertiary/aromatic N) is 1. The Labute approximate surface area is 173 Å². The van der Waals surface area contributed by atoms with Crippen molar-refractivity contribution in [3.8, 4) is 5.75 Å². The molecule has 0 amide bonds. The summed E-state index contributed by atoms with van der Waals surface area (Å²) < 4.78 is 6.09. The third-order valence-corrected chi connectivity index (χ3v) is 6.42. The van der Waals surface area contributed by atoms with Crippen molar-refractivity contribution in [3.05, 3.63) is 23.8 Å². The summed E-state index contributed by atoms with van der Waals surface area (Å²) in [6.07, 6.45) is -1.43. The molecule has 6 unspecified atom stereocenters. The van der Waals surface area contributed by atoms with E-state index in [1.54, 1.807) is 0 Å². The van der Waals surface area contributed by atoms with Crippen LogP contribution < -0.4 is 31.3 Å². The van der Waals surface area contributed by atoms with Gasteiger partial charge in [-0.1, -0.05) is 6.07 Å². The van der Waals surface area contributed by atoms with E-state index in [1.807, 2.05) is 6.92 Å². The number of anilines is 1. The number of ether oxygens (including phenoxy) is 1. The van der Waals surface area contributed by atoms with Crippen LogP contribution in [0.25, 0.3) is 0 Å². The molecule has 29 heavy (non-hydrogen) atoms. The van der Waals surface area contributed by atoms with Crippen LogP contribution in [-0.4, -0.2) is 54.4 Å². The molecule has 0 saturated carbocycles. The summed E-state index contributed by atoms with van der Waals surface area (Å²) in [6, 6.07) is 6.40. The first-order chi connectivity index (χ1) is 13.9. The average Bonchev–Trinajstić information content (AvgIpc) is 3.21. The number of nitrogens with one attached hydrogen (secondary N) is 4. The third-order valence-electron chi connectivity index (χ3n) is 6.42. The van der Waals surface area contributed by atoms with Gasteiger partial charge in [0.1, 0.15) is 18.2 Å². The summed E-state index contributed by atoms with van der Waals surface area (Å²) in [7, 11) is 0. The van der Waals surface area contributed by atoms with E-state index in [-0.39, 0.29) is 29.8 Å². The van der Waals surface area contributed by atoms with Gasteiger partial charge in [-0.25, -0.2) is 10.9 Å². The first-order valence-corrected chi connectivity index (χ1v) is 10.8. The summed E-state index contributed by atoms with van der Waals surface area (Å²) in [5.41, 5.74) is 14.4. The van der Waals surface area contributed by atoms with Crippen LogP contribution in [0.2, 0.25) is 0 Å². The van der Waals surface area contributed by atoms with Gasteiger partial charge in [0.25, 0.3) is 0 Å². The zero-order valence-corrected chi connectivity index (χ0v) is 18.1. The number of aliphatic hydroxyl groups is 2. The fourth-order valence-electron chi connectivity index (χ4n) is 4.92. The molecule has 6 atom stereocenters. The van der Waals surface area contributed by atoms with Crippen LogP contribution in [0, 0.1) is 11.8 Å². The van der Waals surface area contributed by atoms with Crippen molar-refractivity contribution in [1.29, 1.82) is 0 Å². The lowest BCUT2D eigenvalue weighted by Crippen LogP contribution is -2.42. The Bertz CT molecular complexity index is 628. The number of benzene rings is 1. The standard InChI is InChI=1S/C21H37N5O3/c1-6-26(7-2)14-9-10-15(16(11-14)29-8-3)19(17-12(4)22-24-20(17)27)18-13(5)23-25-21(18)28/h9-13,17-25,27-28H,6-8H2,1-5H3. The number of aliphatic hydroxyl groups excluding tert-OH is 2. The summed E-state index contributed by atoms with van der Waals surface area (Å²) in [5.74, 6) is 0.441. The number of hydrogen-bond acceptors (Lipinski definition) is 8. The average molecular weight is 408 g/mol. The predicted molar refractivity (Wildman–Crippen MR) is 114 cm³/mol. The van der Waals surface area contributed by atoms with Gasteiger partial charge in [-0.15, -0.1) is 0 Å². The molecule has 2 saturated heterocycles. The van der Waals surface area contributed by atoms with Gasteiger partial charge in [0, 0.05) is 54.7 Å². The van der Waals surface area contributed by atoms with Crippen molar-refractivity contribution in [1.82, 2.24) is 21.7 Å². The van der Waals surface area contributed by atoms with Crippen LogP contribution in [0.5, 0.6) is 5.75 Å². The Morgan fingerprint density at radius 3 is 1.90 bits per heavy atom. The van der Waals surface area contributed by atoms with Gasteiger partial charge in [-0.05, 0) is 46.2 Å². The van der Waals surface area contributed by atoms with Crippen molar-refractivity contribution in [2.24, 2.45) is 11.8 Å². The molecule has 0 radical (unpaired) electrons. The van der Waals surface area contributed by atoms with Crippen molar-refractivity contribution >= 4 is 5.69 Å². The van der Waals surface area contributed by atoms with Crippen LogP contribution in [0.3, 0.4) is 0 Å². The maximum Gasteiger partial charge on any atom is 0.124 e. The SMILES string of the molecule is CCOc1cc(N(CC)CC)ccc1C(C1C(C)NNC1O)C1C(C)NNC1O. The lowest BCUT2D eigenvalue weighted by Gasteiger charge is -2.36. The zero-order valence-electron chi connectivity index (χ0n) is 18.1. The molecule has 0 aliphatic carbocycles. The van der Waals surface area contributed by atoms with Crippen molar-refractivity contribution in [2.45, 2.75) is 65.1 Å². The van der Waals surface area contributed by atoms with E-state index < -0.39 is 12.5 Å². The maximum absolute atomic E-state index is 10.7. The summed E-state index contributed by atoms with van der Waals surface area (Å²) in [4.78, 5) is 2.29. The van der Waals surface area contributed by atoms with Crippen molar-refractivity contribution < 1.29 is 14.9 Å². The second kappa shape index (κ2) is 9.59. The molecule has 0 aromatic heterocycles. The fourth-order valence-corrected chi connectivity index (χ4v) is 4.92. The molecule has 2 aliphatic rings. The molecule has 2 heterocycles. The third kappa shape index (κ3) is 4.38. The van der Waals surface area contributed by atoms with E-state index >= 15 is 0 Å². The minimum atomic E-state index is -0.716. The van der Waals surface area contributed by atoms with E-state index in [0.29, 0.717) is 6.61 Å². The van der Waals surface area contributed by atoms with Crippen molar-refractivity contribution in [3.63, 3.8) is 0 Å². The second-order valence-corrected chi connectivity index (χ2v) is 8.05. The highest BCUT2D eigenvalue weighted by atomic mass is 16.5. The molecule has 2 fully saturated rings. The minimum Gasteiger partial charge on any atom is -0.494 e. The van der Waals surface area contributed by atoms with Gasteiger partial charge >= 0.3 is 0 Å². The zero-order chi connectivity index (χ0) is 21.1. The summed E-state index contributed by atoms with van der Waals surface area (Å²) in [5, 5.41) is 21.4. The molecule has 6 N–H and O–H groups in total. The van der Waals surface area contributed by atoms with Gasteiger partial charge in [-0.3, -0.25) is 10.9 Å². The fraction of sp³-hybridized carbons (Fsp3) is 0.714. The number of rotatable bonds is 8. The monoisotopic (exact) mass is 407 g/mol. The Morgan fingerprint density at radius 1 is 0.931 bits per heavy atom. The largest absolute Gasteiger partial charge is 0.494 e. The molecule has 3 rings (SSSR count). The first kappa shape index (κ1) is 22.3. The predicted octanol–water partition coefficient (Wildman–Crippen LogP) is 0.877. The Balaban J connectivity index is 2.09. The summed E-state index contributed by atoms with van der Waals surface area (Å²) in [6.45, 7) is 12.8. The highest BCUT2D eigenvalue weighted by Crippen LogP contribution is 2.45. The van der Waals surface area contributed by atoms with Gasteiger partial charge < -0.3 is 19.8 Å². The molecular weight excluding hydrogens is 370 g/mol. The molecule has 164 valence electrons. The van der Waals surface area contributed by atoms with Crippen LogP contribution in [0.4, 0.5) is 5.69 Å². The normalized spacial score (nSPS) is 33.1. The maximum atomic E-state index is 10.7. The molecule has 1 aromatic rings. The topological polar surface area (TPSA) is 101 Å². The number of hydrogen-bond donors (Lipinski definition) is 6. The van der Waals surface area contributed by atoms with Crippen LogP contribution >= 0.6 is 0 Å². The van der Waals surface area contributed by atoms with Crippen LogP contribution in [0.1, 0.15) is 46.1 Å². The molecule has 0 spiro atoms. The van der Waals surface area contributed by atoms with Crippen molar-refractivity contribution in [2.75, 3.05) is 24.6 Å². The highest BCUT2D eigenvalue weighted by Gasteiger charge is 2.48. The van der Waals surface area contributed by atoms with E-state index in [1.165, 1.54) is 0 Å². The Hall–Kier alpha value is -1.42. The van der Waals surface area contributed by atoms with Crippen LogP contribution in [-0.2, 0) is 0 Å². The quantitative estimate of drug-likeness (QED) is 0.378. The van der Waals surface area contributed by atoms with E-state index in [2.05, 4.69) is 72.5 Å². The minimum absolute atomic E-state index is 0.0342. The lowest BCUT2D eigenvalue weighted by atomic mass is 9.71. The van der Waals surface area contributed by atoms with Gasteiger partial charge in [0.05, 0.1) is 6.61 Å². The smallest absolute Gasteiger partial charge is 0.124 e. The molecule has 2 aliphatic heterocycles. The summed E-state index contributed by atoms with van der Waals surface area (Å²) >= 11 is 0. The molecule has 8 nitrogen and oxygen atoms in total. The van der Waals surface area contributed by atoms with Crippen LogP contribution in [0.15, 0.2) is 18.2 Å². The number of hydrazine groups is 2. The Kier molecular flexibility index (Phi) is 7.37. The molecule has 8 heteroatoms. The Morgan fingerprint density at radius 2 is 1.48 bits per heavy atom.